The third-order valence-corrected chi connectivity index (χ3v) is 3.03. The van der Waals surface area contributed by atoms with E-state index in [9.17, 15) is 9.90 Å². The van der Waals surface area contributed by atoms with E-state index in [1.807, 2.05) is 32.0 Å². The average Bonchev–Trinajstić information content (AvgIpc) is 2.32. The summed E-state index contributed by atoms with van der Waals surface area (Å²) < 4.78 is 5.58. The number of rotatable bonds is 6. The molecule has 0 saturated carbocycles. The van der Waals surface area contributed by atoms with Crippen LogP contribution in [0.3, 0.4) is 0 Å². The van der Waals surface area contributed by atoms with Crippen LogP contribution in [0.4, 0.5) is 0 Å². The molecule has 0 radical (unpaired) electrons. The molecule has 1 aromatic carbocycles. The summed E-state index contributed by atoms with van der Waals surface area (Å²) in [5, 5.41) is 9.45. The van der Waals surface area contributed by atoms with Crippen molar-refractivity contribution >= 4 is 5.97 Å². The van der Waals surface area contributed by atoms with Gasteiger partial charge in [0, 0.05) is 0 Å². The molecule has 3 heteroatoms. The van der Waals surface area contributed by atoms with Gasteiger partial charge in [0.05, 0.1) is 6.61 Å². The first-order valence-electron chi connectivity index (χ1n) is 5.98. The van der Waals surface area contributed by atoms with Gasteiger partial charge in [-0.05, 0) is 38.3 Å². The van der Waals surface area contributed by atoms with E-state index >= 15 is 0 Å². The van der Waals surface area contributed by atoms with Gasteiger partial charge in [-0.1, -0.05) is 29.8 Å². The molecule has 1 atom stereocenters. The van der Waals surface area contributed by atoms with Crippen molar-refractivity contribution in [2.75, 3.05) is 6.61 Å². The summed E-state index contributed by atoms with van der Waals surface area (Å²) in [6.45, 7) is 9.38. The summed E-state index contributed by atoms with van der Waals surface area (Å²) in [6.07, 6.45) is 2.35. The highest BCUT2D eigenvalue weighted by molar-refractivity contribution is 5.79. The number of carboxylic acid groups (broad SMARTS) is 1. The van der Waals surface area contributed by atoms with Crippen molar-refractivity contribution < 1.29 is 14.6 Å². The lowest BCUT2D eigenvalue weighted by Crippen LogP contribution is -2.36. The molecule has 0 amide bonds. The number of ether oxygens (including phenoxy) is 1. The molecule has 18 heavy (non-hydrogen) atoms. The van der Waals surface area contributed by atoms with E-state index in [2.05, 4.69) is 6.58 Å². The van der Waals surface area contributed by atoms with E-state index in [0.29, 0.717) is 18.6 Å². The van der Waals surface area contributed by atoms with Crippen LogP contribution >= 0.6 is 0 Å². The van der Waals surface area contributed by atoms with E-state index in [4.69, 9.17) is 4.74 Å². The Balaban J connectivity index is 3.13. The number of hydrogen-bond donors (Lipinski definition) is 1. The number of aryl methyl sites for hydroxylation is 2. The van der Waals surface area contributed by atoms with Crippen LogP contribution in [-0.2, 0) is 15.1 Å². The van der Waals surface area contributed by atoms with E-state index in [1.165, 1.54) is 0 Å². The van der Waals surface area contributed by atoms with Gasteiger partial charge in [0.15, 0.2) is 5.60 Å². The van der Waals surface area contributed by atoms with Crippen LogP contribution in [0, 0.1) is 13.8 Å². The van der Waals surface area contributed by atoms with Crippen LogP contribution in [0.15, 0.2) is 30.9 Å². The molecule has 1 N–H and O–H groups in total. The van der Waals surface area contributed by atoms with Crippen molar-refractivity contribution in [1.82, 2.24) is 0 Å². The molecule has 1 aromatic rings. The highest BCUT2D eigenvalue weighted by Gasteiger charge is 2.37. The SMILES string of the molecule is C=CCCOC(C)(C(=O)O)c1cc(C)ccc1C. The minimum absolute atomic E-state index is 0.347. The highest BCUT2D eigenvalue weighted by atomic mass is 16.5. The molecule has 98 valence electrons. The highest BCUT2D eigenvalue weighted by Crippen LogP contribution is 2.29. The maximum Gasteiger partial charge on any atom is 0.340 e. The first-order valence-corrected chi connectivity index (χ1v) is 5.98. The standard InChI is InChI=1S/C15H20O3/c1-5-6-9-18-15(4,14(16)17)13-10-11(2)7-8-12(13)3/h5,7-8,10H,1,6,9H2,2-4H3,(H,16,17). The van der Waals surface area contributed by atoms with Gasteiger partial charge < -0.3 is 9.84 Å². The average molecular weight is 248 g/mol. The number of carboxylic acids is 1. The second kappa shape index (κ2) is 5.83. The zero-order chi connectivity index (χ0) is 13.8. The fourth-order valence-corrected chi connectivity index (χ4v) is 1.85. The largest absolute Gasteiger partial charge is 0.479 e. The lowest BCUT2D eigenvalue weighted by molar-refractivity contribution is -0.165. The van der Waals surface area contributed by atoms with Crippen molar-refractivity contribution in [3.8, 4) is 0 Å². The van der Waals surface area contributed by atoms with Gasteiger partial charge in [0.1, 0.15) is 0 Å². The fraction of sp³-hybridized carbons (Fsp3) is 0.400. The van der Waals surface area contributed by atoms with Crippen LogP contribution in [0.1, 0.15) is 30.0 Å². The zero-order valence-corrected chi connectivity index (χ0v) is 11.2. The minimum Gasteiger partial charge on any atom is -0.479 e. The number of benzene rings is 1. The molecule has 0 aromatic heterocycles. The summed E-state index contributed by atoms with van der Waals surface area (Å²) in [7, 11) is 0. The summed E-state index contributed by atoms with van der Waals surface area (Å²) >= 11 is 0. The maximum atomic E-state index is 11.5. The zero-order valence-electron chi connectivity index (χ0n) is 11.2. The molecule has 0 aliphatic carbocycles. The normalized spacial score (nSPS) is 13.9. The fourth-order valence-electron chi connectivity index (χ4n) is 1.85. The van der Waals surface area contributed by atoms with Gasteiger partial charge in [-0.2, -0.15) is 0 Å². The predicted octanol–water partition coefficient (Wildman–Crippen LogP) is 3.20. The van der Waals surface area contributed by atoms with Gasteiger partial charge in [0.2, 0.25) is 0 Å². The summed E-state index contributed by atoms with van der Waals surface area (Å²) in [5.41, 5.74) is 1.35. The Labute approximate surface area is 108 Å². The van der Waals surface area contributed by atoms with Gasteiger partial charge in [-0.15, -0.1) is 6.58 Å². The van der Waals surface area contributed by atoms with E-state index in [1.54, 1.807) is 13.0 Å². The van der Waals surface area contributed by atoms with Crippen molar-refractivity contribution in [3.05, 3.63) is 47.5 Å². The van der Waals surface area contributed by atoms with Crippen molar-refractivity contribution in [2.24, 2.45) is 0 Å². The van der Waals surface area contributed by atoms with Crippen LogP contribution in [-0.4, -0.2) is 17.7 Å². The first-order chi connectivity index (χ1) is 8.41. The molecular formula is C15H20O3. The monoisotopic (exact) mass is 248 g/mol. The van der Waals surface area contributed by atoms with Gasteiger partial charge >= 0.3 is 5.97 Å². The molecule has 0 aliphatic heterocycles. The molecule has 0 bridgehead atoms. The second-order valence-electron chi connectivity index (χ2n) is 4.58. The van der Waals surface area contributed by atoms with Gasteiger partial charge in [-0.3, -0.25) is 0 Å². The van der Waals surface area contributed by atoms with Crippen LogP contribution in [0.25, 0.3) is 0 Å². The molecule has 3 nitrogen and oxygen atoms in total. The van der Waals surface area contributed by atoms with Crippen molar-refractivity contribution in [2.45, 2.75) is 32.8 Å². The number of aliphatic carboxylic acids is 1. The summed E-state index contributed by atoms with van der Waals surface area (Å²) in [4.78, 5) is 11.5. The molecule has 0 spiro atoms. The summed E-state index contributed by atoms with van der Waals surface area (Å²) in [5.74, 6) is -0.972. The van der Waals surface area contributed by atoms with Gasteiger partial charge in [-0.25, -0.2) is 4.79 Å². The maximum absolute atomic E-state index is 11.5. The topological polar surface area (TPSA) is 46.5 Å². The molecule has 0 heterocycles. The second-order valence-corrected chi connectivity index (χ2v) is 4.58. The number of carbonyl (C=O) groups is 1. The Morgan fingerprint density at radius 2 is 2.17 bits per heavy atom. The molecular weight excluding hydrogens is 228 g/mol. The molecule has 1 unspecified atom stereocenters. The van der Waals surface area contributed by atoms with Crippen LogP contribution in [0.2, 0.25) is 0 Å². The Morgan fingerprint density at radius 3 is 2.72 bits per heavy atom. The quantitative estimate of drug-likeness (QED) is 0.621. The molecule has 0 saturated heterocycles. The van der Waals surface area contributed by atoms with E-state index < -0.39 is 11.6 Å². The smallest absolute Gasteiger partial charge is 0.340 e. The predicted molar refractivity (Wildman–Crippen MR) is 71.7 cm³/mol. The lowest BCUT2D eigenvalue weighted by Gasteiger charge is -2.27. The minimum atomic E-state index is -1.31. The Kier molecular flexibility index (Phi) is 4.68. The van der Waals surface area contributed by atoms with Crippen LogP contribution in [0.5, 0.6) is 0 Å². The molecule has 1 rings (SSSR count). The third-order valence-electron chi connectivity index (χ3n) is 3.03. The third kappa shape index (κ3) is 2.99. The van der Waals surface area contributed by atoms with Crippen molar-refractivity contribution in [3.63, 3.8) is 0 Å². The van der Waals surface area contributed by atoms with Gasteiger partial charge in [0.25, 0.3) is 0 Å². The first kappa shape index (κ1) is 14.5. The molecule has 0 aliphatic rings. The van der Waals surface area contributed by atoms with E-state index in [0.717, 1.165) is 11.1 Å². The lowest BCUT2D eigenvalue weighted by atomic mass is 9.90. The molecule has 0 fully saturated rings. The van der Waals surface area contributed by atoms with E-state index in [-0.39, 0.29) is 0 Å². The Hall–Kier alpha value is -1.61. The number of hydrogen-bond acceptors (Lipinski definition) is 2. The summed E-state index contributed by atoms with van der Waals surface area (Å²) in [6, 6.07) is 5.75. The van der Waals surface area contributed by atoms with Crippen LogP contribution < -0.4 is 0 Å². The van der Waals surface area contributed by atoms with Crippen molar-refractivity contribution in [1.29, 1.82) is 0 Å². The Morgan fingerprint density at radius 1 is 1.50 bits per heavy atom. The Bertz CT molecular complexity index is 451.